The molecule has 0 radical (unpaired) electrons. The molecule has 29 heavy (non-hydrogen) atoms. The molecule has 152 valence electrons. The minimum absolute atomic E-state index is 0.0458. The quantitative estimate of drug-likeness (QED) is 0.840. The minimum Gasteiger partial charge on any atom is -0.359 e. The molecular formula is C25H30N2O2. The molecule has 1 heterocycles. The van der Waals surface area contributed by atoms with Crippen molar-refractivity contribution in [1.82, 2.24) is 10.2 Å². The van der Waals surface area contributed by atoms with Crippen LogP contribution in [0.2, 0.25) is 0 Å². The zero-order valence-electron chi connectivity index (χ0n) is 17.4. The first-order valence-corrected chi connectivity index (χ1v) is 10.7. The normalized spacial score (nSPS) is 21.7. The molecule has 1 saturated carbocycles. The van der Waals surface area contributed by atoms with Crippen molar-refractivity contribution in [1.29, 1.82) is 0 Å². The second kappa shape index (κ2) is 8.02. The Morgan fingerprint density at radius 2 is 1.83 bits per heavy atom. The number of aryl methyl sites for hydroxylation is 1. The highest BCUT2D eigenvalue weighted by Crippen LogP contribution is 2.39. The monoisotopic (exact) mass is 390 g/mol. The van der Waals surface area contributed by atoms with Crippen LogP contribution in [0.4, 0.5) is 0 Å². The molecule has 4 heteroatoms. The fraction of sp³-hybridized carbons (Fsp3) is 0.440. The van der Waals surface area contributed by atoms with Crippen molar-refractivity contribution in [3.8, 4) is 11.1 Å². The van der Waals surface area contributed by atoms with Crippen molar-refractivity contribution in [2.24, 2.45) is 11.3 Å². The molecule has 1 atom stereocenters. The van der Waals surface area contributed by atoms with Gasteiger partial charge in [-0.05, 0) is 55.7 Å². The second-order valence-electron chi connectivity index (χ2n) is 8.70. The maximum atomic E-state index is 13.1. The van der Waals surface area contributed by atoms with E-state index < -0.39 is 5.41 Å². The molecule has 4 rings (SSSR count). The average Bonchev–Trinajstić information content (AvgIpc) is 3.59. The van der Waals surface area contributed by atoms with Crippen LogP contribution >= 0.6 is 0 Å². The molecule has 0 aromatic heterocycles. The SMILES string of the molecule is CNC(=O)[C@@]1(Cc2ccccc2-c2ccc(C)cc2)CCCN(C(=O)C2CC2)C1. The van der Waals surface area contributed by atoms with E-state index in [9.17, 15) is 9.59 Å². The molecule has 1 N–H and O–H groups in total. The number of carbonyl (C=O) groups excluding carboxylic acids is 2. The Kier molecular flexibility index (Phi) is 5.44. The predicted octanol–water partition coefficient (Wildman–Crippen LogP) is 3.97. The van der Waals surface area contributed by atoms with Gasteiger partial charge in [-0.25, -0.2) is 0 Å². The summed E-state index contributed by atoms with van der Waals surface area (Å²) in [5, 5.41) is 2.89. The first-order chi connectivity index (χ1) is 14.0. The summed E-state index contributed by atoms with van der Waals surface area (Å²) in [6.07, 6.45) is 4.32. The van der Waals surface area contributed by atoms with Gasteiger partial charge in [-0.3, -0.25) is 9.59 Å². The fourth-order valence-corrected chi connectivity index (χ4v) is 4.64. The number of piperidine rings is 1. The zero-order chi connectivity index (χ0) is 20.4. The summed E-state index contributed by atoms with van der Waals surface area (Å²) in [5.74, 6) is 0.477. The lowest BCUT2D eigenvalue weighted by molar-refractivity contribution is -0.142. The van der Waals surface area contributed by atoms with Gasteiger partial charge in [0.2, 0.25) is 11.8 Å². The zero-order valence-corrected chi connectivity index (χ0v) is 17.4. The Balaban J connectivity index is 1.66. The summed E-state index contributed by atoms with van der Waals surface area (Å²) in [6.45, 7) is 3.38. The number of hydrogen-bond acceptors (Lipinski definition) is 2. The molecule has 2 aromatic rings. The maximum Gasteiger partial charge on any atom is 0.228 e. The molecule has 0 bridgehead atoms. The maximum absolute atomic E-state index is 13.1. The summed E-state index contributed by atoms with van der Waals surface area (Å²) in [5.41, 5.74) is 4.16. The standard InChI is InChI=1S/C25H30N2O2/c1-18-8-10-19(11-9-18)22-7-4-3-6-21(22)16-25(24(29)26-2)14-5-15-27(17-25)23(28)20-12-13-20/h3-4,6-11,20H,5,12-17H2,1-2H3,(H,26,29)/t25-/m1/s1. The Morgan fingerprint density at radius 1 is 1.10 bits per heavy atom. The van der Waals surface area contributed by atoms with Crippen LogP contribution in [0.3, 0.4) is 0 Å². The smallest absolute Gasteiger partial charge is 0.228 e. The number of nitrogens with one attached hydrogen (secondary N) is 1. The number of amides is 2. The summed E-state index contributed by atoms with van der Waals surface area (Å²) in [7, 11) is 1.71. The third kappa shape index (κ3) is 4.07. The second-order valence-corrected chi connectivity index (χ2v) is 8.70. The van der Waals surface area contributed by atoms with Gasteiger partial charge >= 0.3 is 0 Å². The topological polar surface area (TPSA) is 49.4 Å². The van der Waals surface area contributed by atoms with Crippen molar-refractivity contribution in [2.45, 2.75) is 39.0 Å². The van der Waals surface area contributed by atoms with Crippen LogP contribution in [0.5, 0.6) is 0 Å². The summed E-state index contributed by atoms with van der Waals surface area (Å²) < 4.78 is 0. The lowest BCUT2D eigenvalue weighted by Gasteiger charge is -2.42. The van der Waals surface area contributed by atoms with Gasteiger partial charge in [-0.2, -0.15) is 0 Å². The van der Waals surface area contributed by atoms with Gasteiger partial charge in [0.1, 0.15) is 0 Å². The van der Waals surface area contributed by atoms with Gasteiger partial charge in [0.15, 0.2) is 0 Å². The molecule has 2 amide bonds. The molecule has 2 fully saturated rings. The molecule has 2 aliphatic rings. The van der Waals surface area contributed by atoms with Gasteiger partial charge in [0, 0.05) is 26.1 Å². The average molecular weight is 391 g/mol. The van der Waals surface area contributed by atoms with Gasteiger partial charge in [0.25, 0.3) is 0 Å². The van der Waals surface area contributed by atoms with Gasteiger partial charge in [0.05, 0.1) is 5.41 Å². The largest absolute Gasteiger partial charge is 0.359 e. The van der Waals surface area contributed by atoms with E-state index in [1.54, 1.807) is 7.05 Å². The lowest BCUT2D eigenvalue weighted by atomic mass is 9.73. The number of likely N-dealkylation sites (tertiary alicyclic amines) is 1. The Bertz CT molecular complexity index is 901. The summed E-state index contributed by atoms with van der Waals surface area (Å²) in [6, 6.07) is 16.9. The summed E-state index contributed by atoms with van der Waals surface area (Å²) in [4.78, 5) is 27.8. The molecular weight excluding hydrogens is 360 g/mol. The Hall–Kier alpha value is -2.62. The first-order valence-electron chi connectivity index (χ1n) is 10.7. The number of rotatable bonds is 5. The van der Waals surface area contributed by atoms with E-state index >= 15 is 0 Å². The Labute approximate surface area is 173 Å². The molecule has 1 aliphatic heterocycles. The number of carbonyl (C=O) groups is 2. The third-order valence-electron chi connectivity index (χ3n) is 6.43. The first kappa shape index (κ1) is 19.7. The van der Waals surface area contributed by atoms with Crippen LogP contribution in [0.25, 0.3) is 11.1 Å². The van der Waals surface area contributed by atoms with Gasteiger partial charge in [-0.1, -0.05) is 54.1 Å². The van der Waals surface area contributed by atoms with E-state index in [2.05, 4.69) is 54.7 Å². The minimum atomic E-state index is -0.571. The van der Waals surface area contributed by atoms with Crippen molar-refractivity contribution < 1.29 is 9.59 Å². The molecule has 0 spiro atoms. The van der Waals surface area contributed by atoms with E-state index in [4.69, 9.17) is 0 Å². The number of benzene rings is 2. The molecule has 0 unspecified atom stereocenters. The van der Waals surface area contributed by atoms with Crippen LogP contribution in [-0.4, -0.2) is 36.9 Å². The molecule has 1 aliphatic carbocycles. The summed E-state index contributed by atoms with van der Waals surface area (Å²) >= 11 is 0. The molecule has 2 aromatic carbocycles. The highest BCUT2D eigenvalue weighted by molar-refractivity contribution is 5.86. The van der Waals surface area contributed by atoms with E-state index in [1.807, 2.05) is 11.0 Å². The van der Waals surface area contributed by atoms with Crippen molar-refractivity contribution >= 4 is 11.8 Å². The van der Waals surface area contributed by atoms with E-state index in [0.29, 0.717) is 13.0 Å². The molecule has 1 saturated heterocycles. The number of nitrogens with zero attached hydrogens (tertiary/aromatic N) is 1. The van der Waals surface area contributed by atoms with Crippen molar-refractivity contribution in [3.05, 3.63) is 59.7 Å². The van der Waals surface area contributed by atoms with Crippen LogP contribution < -0.4 is 5.32 Å². The van der Waals surface area contributed by atoms with E-state index in [0.717, 1.165) is 32.2 Å². The van der Waals surface area contributed by atoms with Crippen LogP contribution in [-0.2, 0) is 16.0 Å². The van der Waals surface area contributed by atoms with Crippen molar-refractivity contribution in [3.63, 3.8) is 0 Å². The highest BCUT2D eigenvalue weighted by atomic mass is 16.2. The van der Waals surface area contributed by atoms with Gasteiger partial charge < -0.3 is 10.2 Å². The lowest BCUT2D eigenvalue weighted by Crippen LogP contribution is -2.54. The number of hydrogen-bond donors (Lipinski definition) is 1. The predicted molar refractivity (Wildman–Crippen MR) is 115 cm³/mol. The van der Waals surface area contributed by atoms with Crippen molar-refractivity contribution in [2.75, 3.05) is 20.1 Å². The van der Waals surface area contributed by atoms with E-state index in [-0.39, 0.29) is 17.7 Å². The van der Waals surface area contributed by atoms with Crippen LogP contribution in [0.1, 0.15) is 36.8 Å². The molecule has 4 nitrogen and oxygen atoms in total. The Morgan fingerprint density at radius 3 is 2.52 bits per heavy atom. The van der Waals surface area contributed by atoms with Crippen LogP contribution in [0.15, 0.2) is 48.5 Å². The van der Waals surface area contributed by atoms with Crippen LogP contribution in [0, 0.1) is 18.3 Å². The third-order valence-corrected chi connectivity index (χ3v) is 6.43. The fourth-order valence-electron chi connectivity index (χ4n) is 4.64. The van der Waals surface area contributed by atoms with Gasteiger partial charge in [-0.15, -0.1) is 0 Å². The highest BCUT2D eigenvalue weighted by Gasteiger charge is 2.45. The van der Waals surface area contributed by atoms with E-state index in [1.165, 1.54) is 22.3 Å².